The van der Waals surface area contributed by atoms with Crippen molar-refractivity contribution in [1.29, 1.82) is 0 Å². The summed E-state index contributed by atoms with van der Waals surface area (Å²) in [7, 11) is 0. The molecule has 70 valence electrons. The SMILES string of the molecule is NC(=O)c1ncc(Cl)cc1C(F)F. The van der Waals surface area contributed by atoms with Crippen LogP contribution in [0.25, 0.3) is 0 Å². The Morgan fingerprint density at radius 3 is 2.69 bits per heavy atom. The minimum Gasteiger partial charge on any atom is -0.364 e. The molecular formula is C7H5ClF2N2O. The average molecular weight is 207 g/mol. The highest BCUT2D eigenvalue weighted by Gasteiger charge is 2.18. The number of nitrogens with two attached hydrogens (primary N) is 1. The number of hydrogen-bond acceptors (Lipinski definition) is 2. The predicted molar refractivity (Wildman–Crippen MR) is 42.7 cm³/mol. The van der Waals surface area contributed by atoms with Gasteiger partial charge in [-0.1, -0.05) is 11.6 Å². The Labute approximate surface area is 77.5 Å². The van der Waals surface area contributed by atoms with E-state index in [4.69, 9.17) is 17.3 Å². The largest absolute Gasteiger partial charge is 0.364 e. The molecule has 13 heavy (non-hydrogen) atoms. The van der Waals surface area contributed by atoms with Gasteiger partial charge in [-0.15, -0.1) is 0 Å². The lowest BCUT2D eigenvalue weighted by Gasteiger charge is -2.04. The second-order valence-electron chi connectivity index (χ2n) is 2.26. The Bertz CT molecular complexity index is 343. The maximum Gasteiger partial charge on any atom is 0.267 e. The van der Waals surface area contributed by atoms with Crippen LogP contribution in [0.1, 0.15) is 22.5 Å². The average Bonchev–Trinajstić information content (AvgIpc) is 2.03. The molecule has 3 nitrogen and oxygen atoms in total. The van der Waals surface area contributed by atoms with Crippen LogP contribution in [0.3, 0.4) is 0 Å². The Hall–Kier alpha value is -1.23. The molecule has 0 atom stereocenters. The van der Waals surface area contributed by atoms with Gasteiger partial charge >= 0.3 is 0 Å². The number of amides is 1. The molecule has 2 N–H and O–H groups in total. The number of primary amides is 1. The lowest BCUT2D eigenvalue weighted by molar-refractivity contribution is 0.0980. The van der Waals surface area contributed by atoms with Gasteiger partial charge in [0.1, 0.15) is 5.69 Å². The molecule has 0 aromatic carbocycles. The minimum absolute atomic E-state index is 0.0419. The molecule has 0 unspecified atom stereocenters. The number of nitrogens with zero attached hydrogens (tertiary/aromatic N) is 1. The highest BCUT2D eigenvalue weighted by atomic mass is 35.5. The monoisotopic (exact) mass is 206 g/mol. The molecule has 0 aliphatic rings. The van der Waals surface area contributed by atoms with Crippen molar-refractivity contribution in [2.75, 3.05) is 0 Å². The van der Waals surface area contributed by atoms with Crippen molar-refractivity contribution >= 4 is 17.5 Å². The molecule has 0 aliphatic carbocycles. The van der Waals surface area contributed by atoms with Crippen LogP contribution >= 0.6 is 11.6 Å². The van der Waals surface area contributed by atoms with E-state index in [0.717, 1.165) is 12.3 Å². The third-order valence-electron chi connectivity index (χ3n) is 1.35. The molecule has 1 heterocycles. The van der Waals surface area contributed by atoms with Gasteiger partial charge in [0, 0.05) is 6.20 Å². The molecular weight excluding hydrogens is 202 g/mol. The maximum atomic E-state index is 12.3. The minimum atomic E-state index is -2.81. The Morgan fingerprint density at radius 1 is 1.62 bits per heavy atom. The van der Waals surface area contributed by atoms with E-state index in [2.05, 4.69) is 4.98 Å². The molecule has 0 fully saturated rings. The molecule has 0 bridgehead atoms. The van der Waals surface area contributed by atoms with Crippen molar-refractivity contribution in [2.24, 2.45) is 5.73 Å². The van der Waals surface area contributed by atoms with Crippen molar-refractivity contribution < 1.29 is 13.6 Å². The molecule has 1 rings (SSSR count). The van der Waals surface area contributed by atoms with E-state index >= 15 is 0 Å². The molecule has 0 saturated heterocycles. The van der Waals surface area contributed by atoms with Crippen LogP contribution in [0, 0.1) is 0 Å². The first kappa shape index (κ1) is 9.85. The number of rotatable bonds is 2. The number of hydrogen-bond donors (Lipinski definition) is 1. The van der Waals surface area contributed by atoms with Gasteiger partial charge in [-0.3, -0.25) is 4.79 Å². The van der Waals surface area contributed by atoms with E-state index < -0.39 is 23.6 Å². The van der Waals surface area contributed by atoms with Gasteiger partial charge in [-0.2, -0.15) is 0 Å². The van der Waals surface area contributed by atoms with Gasteiger partial charge < -0.3 is 5.73 Å². The van der Waals surface area contributed by atoms with Crippen LogP contribution in [-0.4, -0.2) is 10.9 Å². The van der Waals surface area contributed by atoms with Crippen LogP contribution in [0.2, 0.25) is 5.02 Å². The summed E-state index contributed by atoms with van der Waals surface area (Å²) in [5, 5.41) is 0.0419. The molecule has 6 heteroatoms. The maximum absolute atomic E-state index is 12.3. The van der Waals surface area contributed by atoms with Crippen LogP contribution in [0.15, 0.2) is 12.3 Å². The summed E-state index contributed by atoms with van der Waals surface area (Å²) in [6, 6.07) is 0.972. The quantitative estimate of drug-likeness (QED) is 0.802. The van der Waals surface area contributed by atoms with E-state index in [1.807, 2.05) is 0 Å². The van der Waals surface area contributed by atoms with Crippen molar-refractivity contribution in [3.63, 3.8) is 0 Å². The van der Waals surface area contributed by atoms with E-state index in [9.17, 15) is 13.6 Å². The summed E-state index contributed by atoms with van der Waals surface area (Å²) in [6.45, 7) is 0. The summed E-state index contributed by atoms with van der Waals surface area (Å²) in [5.41, 5.74) is 3.84. The first-order valence-corrected chi connectivity index (χ1v) is 3.63. The standard InChI is InChI=1S/C7H5ClF2N2O/c8-3-1-4(6(9)10)5(7(11)13)12-2-3/h1-2,6H,(H2,11,13). The second kappa shape index (κ2) is 3.66. The molecule has 0 saturated carbocycles. The fourth-order valence-electron chi connectivity index (χ4n) is 0.827. The Kier molecular flexibility index (Phi) is 2.77. The zero-order valence-corrected chi connectivity index (χ0v) is 7.05. The van der Waals surface area contributed by atoms with Gasteiger partial charge in [0.2, 0.25) is 0 Å². The molecule has 1 amide bonds. The third-order valence-corrected chi connectivity index (χ3v) is 1.56. The van der Waals surface area contributed by atoms with Crippen LogP contribution < -0.4 is 5.73 Å². The summed E-state index contributed by atoms with van der Waals surface area (Å²) >= 11 is 5.42. The predicted octanol–water partition coefficient (Wildman–Crippen LogP) is 1.77. The number of alkyl halides is 2. The van der Waals surface area contributed by atoms with Crippen LogP contribution in [0.4, 0.5) is 8.78 Å². The van der Waals surface area contributed by atoms with Crippen molar-refractivity contribution in [3.05, 3.63) is 28.5 Å². The topological polar surface area (TPSA) is 56.0 Å². The van der Waals surface area contributed by atoms with Gasteiger partial charge in [-0.25, -0.2) is 13.8 Å². The van der Waals surface area contributed by atoms with Crippen LogP contribution in [-0.2, 0) is 0 Å². The van der Waals surface area contributed by atoms with Gasteiger partial charge in [-0.05, 0) is 6.07 Å². The van der Waals surface area contributed by atoms with Crippen molar-refractivity contribution in [1.82, 2.24) is 4.98 Å². The second-order valence-corrected chi connectivity index (χ2v) is 2.69. The van der Waals surface area contributed by atoms with Crippen molar-refractivity contribution in [3.8, 4) is 0 Å². The van der Waals surface area contributed by atoms with E-state index in [-0.39, 0.29) is 5.02 Å². The lowest BCUT2D eigenvalue weighted by Crippen LogP contribution is -2.16. The van der Waals surface area contributed by atoms with E-state index in [1.165, 1.54) is 0 Å². The summed E-state index contributed by atoms with van der Waals surface area (Å²) < 4.78 is 24.5. The summed E-state index contributed by atoms with van der Waals surface area (Å²) in [5.74, 6) is -0.994. The molecule has 1 aromatic rings. The number of aromatic nitrogens is 1. The Morgan fingerprint density at radius 2 is 2.23 bits per heavy atom. The van der Waals surface area contributed by atoms with Gasteiger partial charge in [0.25, 0.3) is 12.3 Å². The molecule has 1 aromatic heterocycles. The molecule has 0 aliphatic heterocycles. The first-order valence-electron chi connectivity index (χ1n) is 3.25. The van der Waals surface area contributed by atoms with Crippen molar-refractivity contribution in [2.45, 2.75) is 6.43 Å². The van der Waals surface area contributed by atoms with Crippen LogP contribution in [0.5, 0.6) is 0 Å². The molecule has 0 radical (unpaired) electrons. The number of halogens is 3. The fraction of sp³-hybridized carbons (Fsp3) is 0.143. The summed E-state index contributed by atoms with van der Waals surface area (Å²) in [6.07, 6.45) is -1.72. The van der Waals surface area contributed by atoms with Gasteiger partial charge in [0.05, 0.1) is 10.6 Å². The Balaban J connectivity index is 3.26. The van der Waals surface area contributed by atoms with Gasteiger partial charge in [0.15, 0.2) is 0 Å². The smallest absolute Gasteiger partial charge is 0.267 e. The van der Waals surface area contributed by atoms with E-state index in [0.29, 0.717) is 0 Å². The third kappa shape index (κ3) is 2.12. The number of carbonyl (C=O) groups is 1. The highest BCUT2D eigenvalue weighted by Crippen LogP contribution is 2.23. The zero-order valence-electron chi connectivity index (χ0n) is 6.30. The summed E-state index contributed by atoms with van der Waals surface area (Å²) in [4.78, 5) is 14.0. The first-order chi connectivity index (χ1) is 6.02. The lowest BCUT2D eigenvalue weighted by atomic mass is 10.2. The number of carbonyl (C=O) groups excluding carboxylic acids is 1. The zero-order chi connectivity index (χ0) is 10.0. The van der Waals surface area contributed by atoms with E-state index in [1.54, 1.807) is 0 Å². The highest BCUT2D eigenvalue weighted by molar-refractivity contribution is 6.30. The number of pyridine rings is 1. The fourth-order valence-corrected chi connectivity index (χ4v) is 0.993. The molecule has 0 spiro atoms. The normalized spacial score (nSPS) is 10.5.